The van der Waals surface area contributed by atoms with Crippen molar-refractivity contribution >= 4 is 5.91 Å². The van der Waals surface area contributed by atoms with Crippen LogP contribution in [-0.2, 0) is 4.79 Å². The maximum Gasteiger partial charge on any atom is 0.223 e. The van der Waals surface area contributed by atoms with Gasteiger partial charge in [-0.25, -0.2) is 0 Å². The van der Waals surface area contributed by atoms with Crippen molar-refractivity contribution in [3.63, 3.8) is 0 Å². The largest absolute Gasteiger partial charge is 0.493 e. The fourth-order valence-electron chi connectivity index (χ4n) is 2.25. The SMILES string of the molecule is Cc1cccc(OCCC(=O)NCCC(O)c2ccccc2)c1. The predicted molar refractivity (Wildman–Crippen MR) is 90.3 cm³/mol. The minimum atomic E-state index is -0.556. The molecule has 0 aromatic heterocycles. The van der Waals surface area contributed by atoms with Gasteiger partial charge in [0.05, 0.1) is 19.1 Å². The minimum Gasteiger partial charge on any atom is -0.493 e. The Hall–Kier alpha value is -2.33. The van der Waals surface area contributed by atoms with E-state index in [9.17, 15) is 9.90 Å². The first-order valence-electron chi connectivity index (χ1n) is 7.84. The van der Waals surface area contributed by atoms with Gasteiger partial charge in [0.25, 0.3) is 0 Å². The summed E-state index contributed by atoms with van der Waals surface area (Å²) in [6.07, 6.45) is 0.240. The van der Waals surface area contributed by atoms with Crippen LogP contribution in [0, 0.1) is 6.92 Å². The Morgan fingerprint density at radius 1 is 1.17 bits per heavy atom. The van der Waals surface area contributed by atoms with Crippen molar-refractivity contribution in [1.29, 1.82) is 0 Å². The molecule has 0 fully saturated rings. The van der Waals surface area contributed by atoms with E-state index in [4.69, 9.17) is 4.74 Å². The van der Waals surface area contributed by atoms with E-state index in [0.29, 0.717) is 26.0 Å². The summed E-state index contributed by atoms with van der Waals surface area (Å²) in [6, 6.07) is 17.2. The second-order valence-corrected chi connectivity index (χ2v) is 5.48. The van der Waals surface area contributed by atoms with Crippen LogP contribution in [0.15, 0.2) is 54.6 Å². The van der Waals surface area contributed by atoms with Crippen LogP contribution < -0.4 is 10.1 Å². The molecule has 0 aliphatic heterocycles. The van der Waals surface area contributed by atoms with Crippen molar-refractivity contribution in [2.24, 2.45) is 0 Å². The summed E-state index contributed by atoms with van der Waals surface area (Å²) in [4.78, 5) is 11.7. The molecule has 0 aliphatic rings. The number of aliphatic hydroxyl groups excluding tert-OH is 1. The molecule has 0 radical (unpaired) electrons. The van der Waals surface area contributed by atoms with Crippen LogP contribution in [-0.4, -0.2) is 24.2 Å². The van der Waals surface area contributed by atoms with E-state index in [-0.39, 0.29) is 5.91 Å². The lowest BCUT2D eigenvalue weighted by atomic mass is 10.1. The summed E-state index contributed by atoms with van der Waals surface area (Å²) in [5.74, 6) is 0.704. The van der Waals surface area contributed by atoms with Crippen molar-refractivity contribution in [3.05, 3.63) is 65.7 Å². The van der Waals surface area contributed by atoms with Gasteiger partial charge < -0.3 is 15.2 Å². The zero-order valence-electron chi connectivity index (χ0n) is 13.4. The number of ether oxygens (including phenoxy) is 1. The number of hydrogen-bond donors (Lipinski definition) is 2. The number of carbonyl (C=O) groups excluding carboxylic acids is 1. The molecule has 122 valence electrons. The second-order valence-electron chi connectivity index (χ2n) is 5.48. The van der Waals surface area contributed by atoms with Crippen LogP contribution in [0.3, 0.4) is 0 Å². The first-order chi connectivity index (χ1) is 11.1. The highest BCUT2D eigenvalue weighted by atomic mass is 16.5. The van der Waals surface area contributed by atoms with Crippen LogP contribution in [0.5, 0.6) is 5.75 Å². The normalized spacial score (nSPS) is 11.7. The summed E-state index contributed by atoms with van der Waals surface area (Å²) in [6.45, 7) is 2.79. The van der Waals surface area contributed by atoms with E-state index in [1.54, 1.807) is 0 Å². The van der Waals surface area contributed by atoms with E-state index in [1.807, 2.05) is 61.5 Å². The molecule has 0 spiro atoms. The molecule has 1 amide bonds. The Bertz CT molecular complexity index is 613. The highest BCUT2D eigenvalue weighted by Crippen LogP contribution is 2.15. The minimum absolute atomic E-state index is 0.0714. The second kappa shape index (κ2) is 8.96. The molecular weight excluding hydrogens is 290 g/mol. The van der Waals surface area contributed by atoms with E-state index in [1.165, 1.54) is 0 Å². The summed E-state index contributed by atoms with van der Waals surface area (Å²) in [7, 11) is 0. The number of rotatable bonds is 8. The molecule has 0 saturated carbocycles. The van der Waals surface area contributed by atoms with Crippen molar-refractivity contribution in [2.75, 3.05) is 13.2 Å². The van der Waals surface area contributed by atoms with Crippen LogP contribution >= 0.6 is 0 Å². The highest BCUT2D eigenvalue weighted by Gasteiger charge is 2.08. The molecule has 0 aliphatic carbocycles. The van der Waals surface area contributed by atoms with E-state index in [2.05, 4.69) is 5.32 Å². The number of benzene rings is 2. The van der Waals surface area contributed by atoms with Gasteiger partial charge in [0.15, 0.2) is 0 Å². The van der Waals surface area contributed by atoms with Crippen LogP contribution in [0.1, 0.15) is 30.1 Å². The third-order valence-corrected chi connectivity index (χ3v) is 3.51. The van der Waals surface area contributed by atoms with Crippen LogP contribution in [0.2, 0.25) is 0 Å². The molecule has 1 unspecified atom stereocenters. The average molecular weight is 313 g/mol. The maximum absolute atomic E-state index is 11.7. The molecule has 4 nitrogen and oxygen atoms in total. The topological polar surface area (TPSA) is 58.6 Å². The molecule has 4 heteroatoms. The Morgan fingerprint density at radius 2 is 1.96 bits per heavy atom. The van der Waals surface area contributed by atoms with E-state index < -0.39 is 6.10 Å². The van der Waals surface area contributed by atoms with Gasteiger partial charge in [0, 0.05) is 6.54 Å². The lowest BCUT2D eigenvalue weighted by Gasteiger charge is -2.12. The number of hydrogen-bond acceptors (Lipinski definition) is 3. The maximum atomic E-state index is 11.7. The van der Waals surface area contributed by atoms with Gasteiger partial charge in [-0.05, 0) is 36.6 Å². The molecular formula is C19H23NO3. The first kappa shape index (κ1) is 17.0. The number of carbonyl (C=O) groups is 1. The highest BCUT2D eigenvalue weighted by molar-refractivity contribution is 5.75. The average Bonchev–Trinajstić information content (AvgIpc) is 2.55. The number of aliphatic hydroxyl groups is 1. The van der Waals surface area contributed by atoms with Crippen LogP contribution in [0.25, 0.3) is 0 Å². The number of nitrogens with one attached hydrogen (secondary N) is 1. The van der Waals surface area contributed by atoms with E-state index >= 15 is 0 Å². The Labute approximate surface area is 137 Å². The molecule has 2 rings (SSSR count). The van der Waals surface area contributed by atoms with Gasteiger partial charge in [-0.15, -0.1) is 0 Å². The first-order valence-corrected chi connectivity index (χ1v) is 7.84. The molecule has 2 aromatic carbocycles. The molecule has 0 bridgehead atoms. The summed E-state index contributed by atoms with van der Waals surface area (Å²) < 4.78 is 5.54. The summed E-state index contributed by atoms with van der Waals surface area (Å²) in [5, 5.41) is 12.8. The smallest absolute Gasteiger partial charge is 0.223 e. The molecule has 23 heavy (non-hydrogen) atoms. The molecule has 2 aromatic rings. The lowest BCUT2D eigenvalue weighted by molar-refractivity contribution is -0.121. The molecule has 1 atom stereocenters. The van der Waals surface area contributed by atoms with Gasteiger partial charge in [0.2, 0.25) is 5.91 Å². The van der Waals surface area contributed by atoms with Crippen molar-refractivity contribution in [2.45, 2.75) is 25.9 Å². The quantitative estimate of drug-likeness (QED) is 0.787. The monoisotopic (exact) mass is 313 g/mol. The lowest BCUT2D eigenvalue weighted by Crippen LogP contribution is -2.27. The van der Waals surface area contributed by atoms with Crippen LogP contribution in [0.4, 0.5) is 0 Å². The fraction of sp³-hybridized carbons (Fsp3) is 0.316. The van der Waals surface area contributed by atoms with Crippen molar-refractivity contribution in [3.8, 4) is 5.75 Å². The van der Waals surface area contributed by atoms with Gasteiger partial charge in [-0.1, -0.05) is 42.5 Å². The standard InChI is InChI=1S/C19H23NO3/c1-15-6-5-9-17(14-15)23-13-11-19(22)20-12-10-18(21)16-7-3-2-4-8-16/h2-9,14,18,21H,10-13H2,1H3,(H,20,22). The Kier molecular flexibility index (Phi) is 6.63. The Morgan fingerprint density at radius 3 is 2.70 bits per heavy atom. The third kappa shape index (κ3) is 6.12. The van der Waals surface area contributed by atoms with Gasteiger partial charge in [0.1, 0.15) is 5.75 Å². The van der Waals surface area contributed by atoms with Gasteiger partial charge in [-0.2, -0.15) is 0 Å². The zero-order chi connectivity index (χ0) is 16.5. The third-order valence-electron chi connectivity index (χ3n) is 3.51. The molecule has 2 N–H and O–H groups in total. The van der Waals surface area contributed by atoms with Gasteiger partial charge in [-0.3, -0.25) is 4.79 Å². The summed E-state index contributed by atoms with van der Waals surface area (Å²) in [5.41, 5.74) is 1.99. The Balaban J connectivity index is 1.62. The van der Waals surface area contributed by atoms with E-state index in [0.717, 1.165) is 16.9 Å². The van der Waals surface area contributed by atoms with Gasteiger partial charge >= 0.3 is 0 Å². The number of amides is 1. The summed E-state index contributed by atoms with van der Waals surface area (Å²) >= 11 is 0. The fourth-order valence-corrected chi connectivity index (χ4v) is 2.25. The van der Waals surface area contributed by atoms with Crippen molar-refractivity contribution in [1.82, 2.24) is 5.32 Å². The molecule has 0 saturated heterocycles. The predicted octanol–water partition coefficient (Wildman–Crippen LogP) is 3.00. The zero-order valence-corrected chi connectivity index (χ0v) is 13.4. The number of aryl methyl sites for hydroxylation is 1. The van der Waals surface area contributed by atoms with Crippen molar-refractivity contribution < 1.29 is 14.6 Å². The molecule has 0 heterocycles.